The van der Waals surface area contributed by atoms with Crippen molar-refractivity contribution in [2.45, 2.75) is 6.92 Å². The molecule has 3 rings (SSSR count). The summed E-state index contributed by atoms with van der Waals surface area (Å²) in [5, 5.41) is 4.11. The van der Waals surface area contributed by atoms with Crippen LogP contribution in [-0.2, 0) is 4.74 Å². The first-order chi connectivity index (χ1) is 10.2. The first kappa shape index (κ1) is 13.5. The van der Waals surface area contributed by atoms with E-state index in [4.69, 9.17) is 4.74 Å². The zero-order valence-corrected chi connectivity index (χ0v) is 12.4. The number of hydrogen-bond donors (Lipinski definition) is 1. The van der Waals surface area contributed by atoms with E-state index < -0.39 is 0 Å². The van der Waals surface area contributed by atoms with Crippen LogP contribution >= 0.6 is 11.3 Å². The second-order valence-corrected chi connectivity index (χ2v) is 5.44. The summed E-state index contributed by atoms with van der Waals surface area (Å²) in [6.07, 6.45) is 1.49. The topological polar surface area (TPSA) is 64.1 Å². The number of nitrogens with one attached hydrogen (secondary N) is 1. The molecule has 0 fully saturated rings. The molecule has 2 aromatic heterocycles. The Bertz CT molecular complexity index is 799. The van der Waals surface area contributed by atoms with Gasteiger partial charge in [0.05, 0.1) is 12.5 Å². The van der Waals surface area contributed by atoms with Crippen molar-refractivity contribution in [1.82, 2.24) is 9.97 Å². The van der Waals surface area contributed by atoms with Crippen LogP contribution in [0, 0.1) is 6.92 Å². The van der Waals surface area contributed by atoms with Gasteiger partial charge in [-0.05, 0) is 24.6 Å². The van der Waals surface area contributed by atoms with Crippen molar-refractivity contribution in [3.05, 3.63) is 47.1 Å². The number of methoxy groups -OCH3 is 1. The molecule has 0 saturated carbocycles. The summed E-state index contributed by atoms with van der Waals surface area (Å²) in [4.78, 5) is 21.7. The highest BCUT2D eigenvalue weighted by atomic mass is 32.1. The molecule has 0 aliphatic rings. The second kappa shape index (κ2) is 5.49. The summed E-state index contributed by atoms with van der Waals surface area (Å²) in [6.45, 7) is 1.88. The van der Waals surface area contributed by atoms with Crippen molar-refractivity contribution in [3.63, 3.8) is 0 Å². The fourth-order valence-electron chi connectivity index (χ4n) is 2.11. The number of aromatic nitrogens is 2. The number of para-hydroxylation sites is 1. The molecule has 106 valence electrons. The Morgan fingerprint density at radius 2 is 2.00 bits per heavy atom. The second-order valence-electron chi connectivity index (χ2n) is 4.44. The molecule has 0 radical (unpaired) electrons. The van der Waals surface area contributed by atoms with Gasteiger partial charge in [0.1, 0.15) is 21.9 Å². The quantitative estimate of drug-likeness (QED) is 0.749. The Balaban J connectivity index is 2.11. The van der Waals surface area contributed by atoms with Crippen LogP contribution in [0.3, 0.4) is 0 Å². The Labute approximate surface area is 125 Å². The molecule has 0 unspecified atom stereocenters. The number of aryl methyl sites for hydroxylation is 1. The molecule has 2 heterocycles. The van der Waals surface area contributed by atoms with Crippen LogP contribution in [-0.4, -0.2) is 23.0 Å². The van der Waals surface area contributed by atoms with Crippen LogP contribution in [0.1, 0.15) is 15.2 Å². The number of ether oxygens (including phenoxy) is 1. The third-order valence-electron chi connectivity index (χ3n) is 3.13. The van der Waals surface area contributed by atoms with Crippen molar-refractivity contribution in [2.24, 2.45) is 0 Å². The lowest BCUT2D eigenvalue weighted by atomic mass is 10.2. The van der Waals surface area contributed by atoms with Crippen LogP contribution in [0.5, 0.6) is 0 Å². The van der Waals surface area contributed by atoms with Gasteiger partial charge < -0.3 is 10.1 Å². The normalized spacial score (nSPS) is 10.6. The Morgan fingerprint density at radius 1 is 1.24 bits per heavy atom. The van der Waals surface area contributed by atoms with Gasteiger partial charge in [0.15, 0.2) is 0 Å². The van der Waals surface area contributed by atoms with E-state index in [1.165, 1.54) is 24.8 Å². The van der Waals surface area contributed by atoms with Crippen molar-refractivity contribution in [2.75, 3.05) is 12.4 Å². The number of rotatable bonds is 3. The smallest absolute Gasteiger partial charge is 0.348 e. The summed E-state index contributed by atoms with van der Waals surface area (Å²) in [7, 11) is 1.38. The number of benzene rings is 1. The number of fused-ring (bicyclic) bond motifs is 1. The maximum absolute atomic E-state index is 11.8. The number of carbonyl (C=O) groups excluding carboxylic acids is 1. The maximum Gasteiger partial charge on any atom is 0.348 e. The van der Waals surface area contributed by atoms with Gasteiger partial charge in [0.2, 0.25) is 0 Å². The first-order valence-corrected chi connectivity index (χ1v) is 7.17. The molecule has 0 bridgehead atoms. The van der Waals surface area contributed by atoms with Gasteiger partial charge in [0.25, 0.3) is 0 Å². The van der Waals surface area contributed by atoms with E-state index in [2.05, 4.69) is 15.3 Å². The van der Waals surface area contributed by atoms with Crippen LogP contribution in [0.4, 0.5) is 11.5 Å². The van der Waals surface area contributed by atoms with E-state index in [1.807, 2.05) is 37.3 Å². The monoisotopic (exact) mass is 299 g/mol. The van der Waals surface area contributed by atoms with Crippen molar-refractivity contribution >= 4 is 39.0 Å². The van der Waals surface area contributed by atoms with Crippen molar-refractivity contribution in [1.29, 1.82) is 0 Å². The largest absolute Gasteiger partial charge is 0.465 e. The van der Waals surface area contributed by atoms with Crippen LogP contribution in [0.25, 0.3) is 10.2 Å². The molecule has 3 aromatic rings. The minimum atomic E-state index is -0.346. The molecular weight excluding hydrogens is 286 g/mol. The Kier molecular flexibility index (Phi) is 3.53. The van der Waals surface area contributed by atoms with E-state index in [0.29, 0.717) is 10.7 Å². The first-order valence-electron chi connectivity index (χ1n) is 6.35. The average Bonchev–Trinajstić information content (AvgIpc) is 2.86. The standard InChI is InChI=1S/C15H13N3O2S/c1-9-11-13(18-10-6-4-3-5-7-10)16-8-17-14(11)21-12(9)15(19)20-2/h3-8H,1-2H3,(H,16,17,18). The zero-order chi connectivity index (χ0) is 14.8. The lowest BCUT2D eigenvalue weighted by molar-refractivity contribution is 0.0605. The summed E-state index contributed by atoms with van der Waals surface area (Å²) in [6, 6.07) is 9.75. The number of nitrogens with zero attached hydrogens (tertiary/aromatic N) is 2. The molecule has 0 saturated heterocycles. The van der Waals surface area contributed by atoms with E-state index in [9.17, 15) is 4.79 Å². The SMILES string of the molecule is COC(=O)c1sc2ncnc(Nc3ccccc3)c2c1C. The predicted molar refractivity (Wildman–Crippen MR) is 83.2 cm³/mol. The number of thiophene rings is 1. The van der Waals surface area contributed by atoms with Gasteiger partial charge in [-0.15, -0.1) is 11.3 Å². The highest BCUT2D eigenvalue weighted by molar-refractivity contribution is 7.20. The summed E-state index contributed by atoms with van der Waals surface area (Å²) >= 11 is 1.32. The van der Waals surface area contributed by atoms with Crippen LogP contribution < -0.4 is 5.32 Å². The lowest BCUT2D eigenvalue weighted by Gasteiger charge is -2.06. The predicted octanol–water partition coefficient (Wildman–Crippen LogP) is 3.53. The van der Waals surface area contributed by atoms with Crippen molar-refractivity contribution < 1.29 is 9.53 Å². The number of anilines is 2. The van der Waals surface area contributed by atoms with E-state index in [0.717, 1.165) is 21.5 Å². The molecule has 1 aromatic carbocycles. The summed E-state index contributed by atoms with van der Waals surface area (Å²) in [5.41, 5.74) is 1.77. The summed E-state index contributed by atoms with van der Waals surface area (Å²) < 4.78 is 4.81. The van der Waals surface area contributed by atoms with E-state index >= 15 is 0 Å². The highest BCUT2D eigenvalue weighted by Crippen LogP contribution is 2.34. The Morgan fingerprint density at radius 3 is 2.71 bits per heavy atom. The van der Waals surface area contributed by atoms with Gasteiger partial charge in [-0.25, -0.2) is 14.8 Å². The molecule has 1 N–H and O–H groups in total. The molecule has 0 atom stereocenters. The average molecular weight is 299 g/mol. The van der Waals surface area contributed by atoms with Crippen LogP contribution in [0.2, 0.25) is 0 Å². The third-order valence-corrected chi connectivity index (χ3v) is 4.31. The van der Waals surface area contributed by atoms with Gasteiger partial charge in [-0.1, -0.05) is 18.2 Å². The summed E-state index contributed by atoms with van der Waals surface area (Å²) in [5.74, 6) is 0.344. The molecular formula is C15H13N3O2S. The molecule has 6 heteroatoms. The maximum atomic E-state index is 11.8. The zero-order valence-electron chi connectivity index (χ0n) is 11.6. The van der Waals surface area contributed by atoms with Crippen LogP contribution in [0.15, 0.2) is 36.7 Å². The molecule has 5 nitrogen and oxygen atoms in total. The van der Waals surface area contributed by atoms with Gasteiger partial charge in [-0.3, -0.25) is 0 Å². The third kappa shape index (κ3) is 2.45. The molecule has 0 spiro atoms. The number of hydrogen-bond acceptors (Lipinski definition) is 6. The minimum Gasteiger partial charge on any atom is -0.465 e. The van der Waals surface area contributed by atoms with Gasteiger partial charge >= 0.3 is 5.97 Å². The Hall–Kier alpha value is -2.47. The molecule has 21 heavy (non-hydrogen) atoms. The lowest BCUT2D eigenvalue weighted by Crippen LogP contribution is -2.00. The highest BCUT2D eigenvalue weighted by Gasteiger charge is 2.19. The minimum absolute atomic E-state index is 0.346. The number of carbonyl (C=O) groups is 1. The molecule has 0 amide bonds. The number of esters is 1. The van der Waals surface area contributed by atoms with Gasteiger partial charge in [-0.2, -0.15) is 0 Å². The van der Waals surface area contributed by atoms with E-state index in [1.54, 1.807) is 0 Å². The van der Waals surface area contributed by atoms with Gasteiger partial charge in [0, 0.05) is 5.69 Å². The molecule has 0 aliphatic carbocycles. The van der Waals surface area contributed by atoms with E-state index in [-0.39, 0.29) is 5.97 Å². The fraction of sp³-hybridized carbons (Fsp3) is 0.133. The molecule has 0 aliphatic heterocycles. The van der Waals surface area contributed by atoms with Crippen molar-refractivity contribution in [3.8, 4) is 0 Å². The fourth-order valence-corrected chi connectivity index (χ4v) is 3.18.